The Labute approximate surface area is 172 Å². The number of nitrogens with zero attached hydrogens (tertiary/aromatic N) is 4. The molecule has 9 heteroatoms. The molecule has 2 N–H and O–H groups in total. The highest BCUT2D eigenvalue weighted by Crippen LogP contribution is 2.44. The molecule has 146 valence electrons. The van der Waals surface area contributed by atoms with Crippen molar-refractivity contribution in [1.82, 2.24) is 19.9 Å². The predicted octanol–water partition coefficient (Wildman–Crippen LogP) is 4.20. The van der Waals surface area contributed by atoms with Crippen molar-refractivity contribution in [2.24, 2.45) is 0 Å². The van der Waals surface area contributed by atoms with Crippen LogP contribution in [0.15, 0.2) is 47.3 Å². The van der Waals surface area contributed by atoms with E-state index in [1.165, 1.54) is 36.0 Å². The van der Waals surface area contributed by atoms with Gasteiger partial charge < -0.3 is 5.73 Å². The average molecular weight is 426 g/mol. The average Bonchev–Trinajstić information content (AvgIpc) is 3.04. The topological polar surface area (TPSA) is 94.7 Å². The van der Waals surface area contributed by atoms with Crippen molar-refractivity contribution in [2.75, 3.05) is 5.73 Å². The lowest BCUT2D eigenvalue weighted by Crippen LogP contribution is -2.23. The molecule has 0 aliphatic heterocycles. The maximum absolute atomic E-state index is 14.6. The number of hydrogen-bond donors (Lipinski definition) is 1. The van der Waals surface area contributed by atoms with Crippen molar-refractivity contribution in [3.05, 3.63) is 48.9 Å². The van der Waals surface area contributed by atoms with Crippen LogP contribution in [0.4, 0.5) is 10.1 Å². The Morgan fingerprint density at radius 3 is 2.72 bits per heavy atom. The highest BCUT2D eigenvalue weighted by atomic mass is 32.2. The quantitative estimate of drug-likeness (QED) is 0.527. The van der Waals surface area contributed by atoms with Gasteiger partial charge in [0.2, 0.25) is 0 Å². The molecule has 0 amide bonds. The fourth-order valence-corrected chi connectivity index (χ4v) is 6.55. The summed E-state index contributed by atoms with van der Waals surface area (Å²) in [5.41, 5.74) is 8.83. The van der Waals surface area contributed by atoms with E-state index in [2.05, 4.69) is 15.0 Å². The van der Waals surface area contributed by atoms with E-state index in [9.17, 15) is 8.60 Å². The summed E-state index contributed by atoms with van der Waals surface area (Å²) in [6.07, 6.45) is 9.21. The second kappa shape index (κ2) is 7.23. The Bertz CT molecular complexity index is 1240. The number of aromatic nitrogens is 4. The fourth-order valence-electron chi connectivity index (χ4n) is 3.34. The second-order valence-corrected chi connectivity index (χ2v) is 9.78. The van der Waals surface area contributed by atoms with Crippen LogP contribution in [-0.4, -0.2) is 29.4 Å². The van der Waals surface area contributed by atoms with E-state index >= 15 is 0 Å². The number of nitrogens with two attached hydrogens (primary N) is 1. The largest absolute Gasteiger partial charge is 0.396 e. The standard InChI is InChI=1S/C20H16FN5OS2/c21-14-5-2-6-25-18(14)13-7-15(11-8-23-10-24-9-11)26-19-16(13)17(22)20(28-19)29(27)12-3-1-4-12/h2,5-10,12H,1,3-4,22H2. The number of halogens is 1. The molecule has 0 bridgehead atoms. The summed E-state index contributed by atoms with van der Waals surface area (Å²) in [4.78, 5) is 17.6. The van der Waals surface area contributed by atoms with Crippen molar-refractivity contribution < 1.29 is 8.60 Å². The van der Waals surface area contributed by atoms with E-state index < -0.39 is 16.6 Å². The Kier molecular flexibility index (Phi) is 4.56. The Morgan fingerprint density at radius 1 is 1.24 bits per heavy atom. The number of fused-ring (bicyclic) bond motifs is 1. The summed E-state index contributed by atoms with van der Waals surface area (Å²) in [5, 5.41) is 0.721. The molecule has 1 fully saturated rings. The third-order valence-corrected chi connectivity index (χ3v) is 8.37. The van der Waals surface area contributed by atoms with Crippen LogP contribution in [0.2, 0.25) is 0 Å². The molecule has 6 nitrogen and oxygen atoms in total. The number of nitrogen functional groups attached to an aromatic ring is 1. The molecule has 4 aromatic heterocycles. The second-order valence-electron chi connectivity index (χ2n) is 6.85. The molecular formula is C20H16FN5OS2. The van der Waals surface area contributed by atoms with Gasteiger partial charge in [-0.15, -0.1) is 11.3 Å². The van der Waals surface area contributed by atoms with Gasteiger partial charge in [-0.05, 0) is 31.0 Å². The van der Waals surface area contributed by atoms with Crippen LogP contribution in [0.5, 0.6) is 0 Å². The van der Waals surface area contributed by atoms with E-state index in [0.29, 0.717) is 36.9 Å². The summed E-state index contributed by atoms with van der Waals surface area (Å²) < 4.78 is 28.2. The summed E-state index contributed by atoms with van der Waals surface area (Å²) in [7, 11) is -1.19. The van der Waals surface area contributed by atoms with Crippen molar-refractivity contribution in [1.29, 1.82) is 0 Å². The summed E-state index contributed by atoms with van der Waals surface area (Å²) in [6, 6.07) is 4.64. The maximum atomic E-state index is 14.6. The zero-order valence-corrected chi connectivity index (χ0v) is 16.8. The summed E-state index contributed by atoms with van der Waals surface area (Å²) in [5.74, 6) is -0.456. The van der Waals surface area contributed by atoms with Gasteiger partial charge in [0.1, 0.15) is 26.9 Å². The first-order valence-corrected chi connectivity index (χ1v) is 11.2. The van der Waals surface area contributed by atoms with Gasteiger partial charge in [-0.1, -0.05) is 6.42 Å². The van der Waals surface area contributed by atoms with Crippen molar-refractivity contribution in [3.8, 4) is 22.5 Å². The van der Waals surface area contributed by atoms with E-state index in [1.807, 2.05) is 0 Å². The van der Waals surface area contributed by atoms with E-state index in [1.54, 1.807) is 18.5 Å². The normalized spacial score (nSPS) is 15.3. The Hall–Kier alpha value is -2.78. The third kappa shape index (κ3) is 3.10. The van der Waals surface area contributed by atoms with E-state index in [-0.39, 0.29) is 10.9 Å². The molecule has 1 saturated carbocycles. The maximum Gasteiger partial charge on any atom is 0.149 e. The molecular weight excluding hydrogens is 409 g/mol. The lowest BCUT2D eigenvalue weighted by atomic mass is 10.0. The van der Waals surface area contributed by atoms with Crippen LogP contribution in [0.3, 0.4) is 0 Å². The molecule has 5 rings (SSSR count). The van der Waals surface area contributed by atoms with Crippen LogP contribution < -0.4 is 5.73 Å². The molecule has 0 aromatic carbocycles. The summed E-state index contributed by atoms with van der Waals surface area (Å²) >= 11 is 1.31. The molecule has 1 aliphatic rings. The van der Waals surface area contributed by atoms with Gasteiger partial charge in [-0.3, -0.25) is 9.19 Å². The van der Waals surface area contributed by atoms with Crippen LogP contribution in [0, 0.1) is 5.82 Å². The predicted molar refractivity (Wildman–Crippen MR) is 112 cm³/mol. The third-order valence-electron chi connectivity index (χ3n) is 5.07. The Balaban J connectivity index is 1.78. The minimum absolute atomic E-state index is 0.127. The van der Waals surface area contributed by atoms with Crippen molar-refractivity contribution >= 4 is 38.0 Å². The lowest BCUT2D eigenvalue weighted by Gasteiger charge is -2.23. The van der Waals surface area contributed by atoms with Crippen LogP contribution >= 0.6 is 11.3 Å². The fraction of sp³-hybridized carbons (Fsp3) is 0.200. The zero-order valence-electron chi connectivity index (χ0n) is 15.2. The minimum atomic E-state index is -1.19. The molecule has 4 heterocycles. The van der Waals surface area contributed by atoms with Crippen molar-refractivity contribution in [3.63, 3.8) is 0 Å². The van der Waals surface area contributed by atoms with Crippen LogP contribution in [0.1, 0.15) is 19.3 Å². The number of anilines is 1. The first-order chi connectivity index (χ1) is 14.1. The van der Waals surface area contributed by atoms with Crippen LogP contribution in [0.25, 0.3) is 32.7 Å². The molecule has 0 saturated heterocycles. The monoisotopic (exact) mass is 425 g/mol. The van der Waals surface area contributed by atoms with Gasteiger partial charge in [0.25, 0.3) is 0 Å². The number of hydrogen-bond acceptors (Lipinski definition) is 7. The molecule has 4 aromatic rings. The smallest absolute Gasteiger partial charge is 0.149 e. The van der Waals surface area contributed by atoms with Gasteiger partial charge in [0, 0.05) is 40.4 Å². The minimum Gasteiger partial charge on any atom is -0.396 e. The highest BCUT2D eigenvalue weighted by Gasteiger charge is 2.30. The lowest BCUT2D eigenvalue weighted by molar-refractivity contribution is 0.505. The van der Waals surface area contributed by atoms with E-state index in [4.69, 9.17) is 10.7 Å². The molecule has 1 aliphatic carbocycles. The first-order valence-electron chi connectivity index (χ1n) is 9.13. The number of rotatable bonds is 4. The van der Waals surface area contributed by atoms with Gasteiger partial charge in [0.15, 0.2) is 0 Å². The SMILES string of the molecule is Nc1c(S(=O)C2CCC2)sc2nc(-c3cncnc3)cc(-c3ncccc3F)c12. The highest BCUT2D eigenvalue weighted by molar-refractivity contribution is 7.88. The molecule has 0 spiro atoms. The Morgan fingerprint density at radius 2 is 2.03 bits per heavy atom. The van der Waals surface area contributed by atoms with Gasteiger partial charge >= 0.3 is 0 Å². The zero-order chi connectivity index (χ0) is 20.0. The molecule has 29 heavy (non-hydrogen) atoms. The first kappa shape index (κ1) is 18.3. The van der Waals surface area contributed by atoms with Gasteiger partial charge in [-0.2, -0.15) is 0 Å². The van der Waals surface area contributed by atoms with Gasteiger partial charge in [-0.25, -0.2) is 19.3 Å². The molecule has 0 radical (unpaired) electrons. The summed E-state index contributed by atoms with van der Waals surface area (Å²) in [6.45, 7) is 0. The van der Waals surface area contributed by atoms with Crippen molar-refractivity contribution in [2.45, 2.75) is 28.7 Å². The molecule has 1 atom stereocenters. The van der Waals surface area contributed by atoms with Crippen LogP contribution in [-0.2, 0) is 10.8 Å². The van der Waals surface area contributed by atoms with Gasteiger partial charge in [0.05, 0.1) is 22.2 Å². The van der Waals surface area contributed by atoms with E-state index in [0.717, 1.165) is 19.3 Å². The number of pyridine rings is 2. The molecule has 1 unspecified atom stereocenters. The number of thiophene rings is 1.